The van der Waals surface area contributed by atoms with Gasteiger partial charge in [-0.2, -0.15) is 4.98 Å². The van der Waals surface area contributed by atoms with Crippen LogP contribution in [0, 0.1) is 6.92 Å². The zero-order valence-electron chi connectivity index (χ0n) is 10.1. The van der Waals surface area contributed by atoms with Crippen LogP contribution in [0.3, 0.4) is 0 Å². The Morgan fingerprint density at radius 3 is 2.95 bits per heavy atom. The van der Waals surface area contributed by atoms with Gasteiger partial charge in [-0.25, -0.2) is 4.98 Å². The lowest BCUT2D eigenvalue weighted by atomic mass is 10.5. The van der Waals surface area contributed by atoms with Crippen molar-refractivity contribution in [2.24, 2.45) is 0 Å². The molecular weight excluding hydrogens is 286 g/mol. The zero-order valence-corrected chi connectivity index (χ0v) is 11.7. The van der Waals surface area contributed by atoms with Gasteiger partial charge in [0.25, 0.3) is 5.56 Å². The Morgan fingerprint density at radius 1 is 1.53 bits per heavy atom. The number of carbonyl (C=O) groups is 1. The molecule has 2 aromatic heterocycles. The van der Waals surface area contributed by atoms with Crippen molar-refractivity contribution in [1.29, 1.82) is 0 Å². The highest BCUT2D eigenvalue weighted by Gasteiger charge is 2.08. The molecule has 8 heteroatoms. The summed E-state index contributed by atoms with van der Waals surface area (Å²) in [6.45, 7) is 2.39. The van der Waals surface area contributed by atoms with E-state index in [1.54, 1.807) is 10.8 Å². The van der Waals surface area contributed by atoms with E-state index < -0.39 is 5.97 Å². The minimum Gasteiger partial charge on any atom is -0.481 e. The summed E-state index contributed by atoms with van der Waals surface area (Å²) < 4.78 is 1.73. The molecule has 0 amide bonds. The molecule has 100 valence electrons. The van der Waals surface area contributed by atoms with Crippen molar-refractivity contribution < 1.29 is 9.90 Å². The number of nitrogens with zero attached hydrogens (tertiary/aromatic N) is 3. The predicted molar refractivity (Wildman–Crippen MR) is 72.8 cm³/mol. The van der Waals surface area contributed by atoms with Crippen LogP contribution in [-0.2, 0) is 11.3 Å². The van der Waals surface area contributed by atoms with Crippen molar-refractivity contribution in [2.45, 2.75) is 18.6 Å². The van der Waals surface area contributed by atoms with Crippen LogP contribution in [0.25, 0.3) is 0 Å². The summed E-state index contributed by atoms with van der Waals surface area (Å²) in [6, 6.07) is 1.35. The van der Waals surface area contributed by atoms with Crippen LogP contribution in [0.4, 0.5) is 0 Å². The number of aromatic nitrogens is 3. The van der Waals surface area contributed by atoms with Crippen molar-refractivity contribution in [1.82, 2.24) is 14.5 Å². The average molecular weight is 297 g/mol. The third-order valence-corrected chi connectivity index (χ3v) is 4.07. The van der Waals surface area contributed by atoms with E-state index in [0.717, 1.165) is 22.5 Å². The van der Waals surface area contributed by atoms with Crippen molar-refractivity contribution in [3.8, 4) is 0 Å². The maximum atomic E-state index is 11.2. The molecule has 0 saturated carbocycles. The SMILES string of the molecule is Cc1csc(Cn2ccc(=O)nc2SCC(=O)O)n1. The molecule has 0 bridgehead atoms. The monoisotopic (exact) mass is 297 g/mol. The number of rotatable bonds is 5. The van der Waals surface area contributed by atoms with Crippen molar-refractivity contribution in [3.63, 3.8) is 0 Å². The highest BCUT2D eigenvalue weighted by Crippen LogP contribution is 2.17. The van der Waals surface area contributed by atoms with Crippen LogP contribution in [0.15, 0.2) is 27.6 Å². The molecule has 2 rings (SSSR count). The number of aryl methyl sites for hydroxylation is 1. The fourth-order valence-corrected chi connectivity index (χ4v) is 2.86. The molecule has 0 fully saturated rings. The molecule has 0 radical (unpaired) electrons. The minimum atomic E-state index is -0.945. The van der Waals surface area contributed by atoms with Crippen LogP contribution in [0.2, 0.25) is 0 Å². The van der Waals surface area contributed by atoms with Gasteiger partial charge in [0.05, 0.1) is 12.3 Å². The van der Waals surface area contributed by atoms with Gasteiger partial charge in [0, 0.05) is 23.3 Å². The third kappa shape index (κ3) is 3.90. The van der Waals surface area contributed by atoms with Crippen molar-refractivity contribution in [2.75, 3.05) is 5.75 Å². The van der Waals surface area contributed by atoms with Crippen LogP contribution in [0.5, 0.6) is 0 Å². The van der Waals surface area contributed by atoms with Crippen LogP contribution in [-0.4, -0.2) is 31.4 Å². The summed E-state index contributed by atoms with van der Waals surface area (Å²) in [4.78, 5) is 30.0. The number of carboxylic acid groups (broad SMARTS) is 1. The molecule has 0 unspecified atom stereocenters. The number of thioether (sulfide) groups is 1. The van der Waals surface area contributed by atoms with Gasteiger partial charge in [-0.05, 0) is 6.92 Å². The summed E-state index contributed by atoms with van der Waals surface area (Å²) in [5.74, 6) is -1.08. The Hall–Kier alpha value is -1.67. The van der Waals surface area contributed by atoms with Crippen molar-refractivity contribution in [3.05, 3.63) is 38.7 Å². The third-order valence-electron chi connectivity index (χ3n) is 2.15. The molecule has 0 atom stereocenters. The lowest BCUT2D eigenvalue weighted by molar-refractivity contribution is -0.133. The number of thiazole rings is 1. The minimum absolute atomic E-state index is 0.132. The molecule has 0 aliphatic rings. The second-order valence-electron chi connectivity index (χ2n) is 3.74. The number of hydrogen-bond acceptors (Lipinski definition) is 6. The fourth-order valence-electron chi connectivity index (χ4n) is 1.40. The van der Waals surface area contributed by atoms with E-state index >= 15 is 0 Å². The number of hydrogen-bond donors (Lipinski definition) is 1. The normalized spacial score (nSPS) is 10.6. The highest BCUT2D eigenvalue weighted by molar-refractivity contribution is 7.99. The van der Waals surface area contributed by atoms with E-state index in [0.29, 0.717) is 11.7 Å². The molecule has 19 heavy (non-hydrogen) atoms. The quantitative estimate of drug-likeness (QED) is 0.660. The predicted octanol–water partition coefficient (Wildman–Crippen LogP) is 1.23. The first-order chi connectivity index (χ1) is 9.04. The van der Waals surface area contributed by atoms with Gasteiger partial charge in [0.15, 0.2) is 5.16 Å². The molecule has 0 spiro atoms. The first kappa shape index (κ1) is 13.8. The summed E-state index contributed by atoms with van der Waals surface area (Å²) in [7, 11) is 0. The maximum absolute atomic E-state index is 11.2. The Kier molecular flexibility index (Phi) is 4.33. The topological polar surface area (TPSA) is 85.1 Å². The molecule has 0 aromatic carbocycles. The highest BCUT2D eigenvalue weighted by atomic mass is 32.2. The van der Waals surface area contributed by atoms with Gasteiger partial charge in [-0.1, -0.05) is 11.8 Å². The standard InChI is InChI=1S/C11H11N3O3S2/c1-7-5-18-9(12-7)4-14-3-2-8(15)13-11(14)19-6-10(16)17/h2-3,5H,4,6H2,1H3,(H,16,17). The molecule has 1 N–H and O–H groups in total. The van der Waals surface area contributed by atoms with Gasteiger partial charge in [-0.3, -0.25) is 9.59 Å². The van der Waals surface area contributed by atoms with Crippen molar-refractivity contribution >= 4 is 29.1 Å². The summed E-state index contributed by atoms with van der Waals surface area (Å²) in [5, 5.41) is 11.9. The van der Waals surface area contributed by atoms with E-state index in [4.69, 9.17) is 5.11 Å². The smallest absolute Gasteiger partial charge is 0.313 e. The van der Waals surface area contributed by atoms with E-state index in [-0.39, 0.29) is 11.3 Å². The van der Waals surface area contributed by atoms with E-state index in [1.807, 2.05) is 12.3 Å². The first-order valence-electron chi connectivity index (χ1n) is 5.37. The Labute approximate surface area is 117 Å². The van der Waals surface area contributed by atoms with Gasteiger partial charge in [0.2, 0.25) is 0 Å². The molecule has 0 aliphatic carbocycles. The Bertz CT molecular complexity index is 651. The molecule has 2 heterocycles. The van der Waals surface area contributed by atoms with Gasteiger partial charge < -0.3 is 9.67 Å². The Morgan fingerprint density at radius 2 is 2.32 bits per heavy atom. The van der Waals surface area contributed by atoms with Crippen LogP contribution >= 0.6 is 23.1 Å². The molecule has 2 aromatic rings. The van der Waals surface area contributed by atoms with Crippen LogP contribution < -0.4 is 5.56 Å². The summed E-state index contributed by atoms with van der Waals surface area (Å²) >= 11 is 2.54. The second kappa shape index (κ2) is 5.98. The first-order valence-corrected chi connectivity index (χ1v) is 7.24. The summed E-state index contributed by atoms with van der Waals surface area (Å²) in [5.41, 5.74) is 0.563. The molecule has 0 saturated heterocycles. The largest absolute Gasteiger partial charge is 0.481 e. The van der Waals surface area contributed by atoms with E-state index in [9.17, 15) is 9.59 Å². The zero-order chi connectivity index (χ0) is 13.8. The number of carboxylic acids is 1. The van der Waals surface area contributed by atoms with Gasteiger partial charge >= 0.3 is 5.97 Å². The number of aliphatic carboxylic acids is 1. The summed E-state index contributed by atoms with van der Waals surface area (Å²) in [6.07, 6.45) is 1.61. The second-order valence-corrected chi connectivity index (χ2v) is 5.63. The fraction of sp³-hybridized carbons (Fsp3) is 0.273. The van der Waals surface area contributed by atoms with Gasteiger partial charge in [-0.15, -0.1) is 11.3 Å². The van der Waals surface area contributed by atoms with E-state index in [2.05, 4.69) is 9.97 Å². The Balaban J connectivity index is 2.23. The van der Waals surface area contributed by atoms with Gasteiger partial charge in [0.1, 0.15) is 5.01 Å². The van der Waals surface area contributed by atoms with E-state index in [1.165, 1.54) is 17.4 Å². The molecular formula is C11H11N3O3S2. The molecule has 6 nitrogen and oxygen atoms in total. The average Bonchev–Trinajstić information content (AvgIpc) is 2.75. The lowest BCUT2D eigenvalue weighted by Crippen LogP contribution is -2.14. The maximum Gasteiger partial charge on any atom is 0.313 e. The lowest BCUT2D eigenvalue weighted by Gasteiger charge is -2.08. The molecule has 0 aliphatic heterocycles. The van der Waals surface area contributed by atoms with Crippen LogP contribution in [0.1, 0.15) is 10.7 Å².